The molecule has 0 aromatic heterocycles. The summed E-state index contributed by atoms with van der Waals surface area (Å²) >= 11 is 5.96. The summed E-state index contributed by atoms with van der Waals surface area (Å²) in [5, 5.41) is 0.587. The van der Waals surface area contributed by atoms with E-state index in [2.05, 4.69) is 0 Å². The van der Waals surface area contributed by atoms with Crippen LogP contribution in [0.5, 0.6) is 5.75 Å². The van der Waals surface area contributed by atoms with Gasteiger partial charge in [0.05, 0.1) is 17.9 Å². The molecule has 1 amide bonds. The zero-order chi connectivity index (χ0) is 19.0. The Morgan fingerprint density at radius 1 is 1.11 bits per heavy atom. The first kappa shape index (κ1) is 17.6. The first-order valence-corrected chi connectivity index (χ1v) is 9.17. The number of carbonyl (C=O) groups is 2. The Balaban J connectivity index is 1.74. The van der Waals surface area contributed by atoms with Gasteiger partial charge in [-0.25, -0.2) is 4.79 Å². The normalized spacial score (nSPS) is 19.2. The number of nitrogens with zero attached hydrogens (tertiary/aromatic N) is 1. The maximum absolute atomic E-state index is 12.9. The molecule has 2 aromatic rings. The molecular formula is C21H18ClNO4. The minimum atomic E-state index is -0.365. The summed E-state index contributed by atoms with van der Waals surface area (Å²) in [7, 11) is 0. The number of rotatable bonds is 4. The van der Waals surface area contributed by atoms with Crippen LogP contribution in [0, 0.1) is 0 Å². The van der Waals surface area contributed by atoms with E-state index in [1.165, 1.54) is 0 Å². The van der Waals surface area contributed by atoms with Gasteiger partial charge in [-0.1, -0.05) is 23.7 Å². The van der Waals surface area contributed by atoms with Gasteiger partial charge in [0.2, 0.25) is 5.91 Å². The molecule has 2 aromatic carbocycles. The van der Waals surface area contributed by atoms with E-state index in [-0.39, 0.29) is 30.8 Å². The van der Waals surface area contributed by atoms with Crippen LogP contribution in [-0.2, 0) is 14.3 Å². The van der Waals surface area contributed by atoms with Crippen LogP contribution in [0.3, 0.4) is 0 Å². The number of ether oxygens (including phenoxy) is 2. The molecule has 138 valence electrons. The van der Waals surface area contributed by atoms with Gasteiger partial charge < -0.3 is 9.47 Å². The van der Waals surface area contributed by atoms with Crippen LogP contribution in [0.25, 0.3) is 0 Å². The molecule has 0 fully saturated rings. The van der Waals surface area contributed by atoms with Crippen LogP contribution >= 0.6 is 11.6 Å². The highest BCUT2D eigenvalue weighted by Gasteiger charge is 2.42. The molecule has 0 radical (unpaired) electrons. The smallest absolute Gasteiger partial charge is 0.336 e. The van der Waals surface area contributed by atoms with Crippen molar-refractivity contribution in [3.8, 4) is 5.75 Å². The fourth-order valence-corrected chi connectivity index (χ4v) is 3.72. The highest BCUT2D eigenvalue weighted by Crippen LogP contribution is 2.42. The molecule has 6 heteroatoms. The van der Waals surface area contributed by atoms with E-state index in [4.69, 9.17) is 21.1 Å². The molecule has 0 aliphatic carbocycles. The summed E-state index contributed by atoms with van der Waals surface area (Å²) in [6.45, 7) is 2.60. The number of amides is 1. The van der Waals surface area contributed by atoms with Gasteiger partial charge in [0, 0.05) is 23.0 Å². The Morgan fingerprint density at radius 2 is 1.81 bits per heavy atom. The molecule has 2 aliphatic heterocycles. The molecule has 2 aliphatic rings. The third kappa shape index (κ3) is 3.19. The minimum absolute atomic E-state index is 0.0757. The second-order valence-corrected chi connectivity index (χ2v) is 6.84. The van der Waals surface area contributed by atoms with Gasteiger partial charge in [0.1, 0.15) is 12.4 Å². The molecule has 2 heterocycles. The van der Waals surface area contributed by atoms with Crippen LogP contribution in [0.15, 0.2) is 59.8 Å². The Morgan fingerprint density at radius 3 is 2.48 bits per heavy atom. The quantitative estimate of drug-likeness (QED) is 0.747. The number of carbonyl (C=O) groups excluding carboxylic acids is 2. The van der Waals surface area contributed by atoms with Crippen LogP contribution in [-0.4, -0.2) is 25.1 Å². The first-order chi connectivity index (χ1) is 13.1. The van der Waals surface area contributed by atoms with Gasteiger partial charge in [-0.15, -0.1) is 0 Å². The van der Waals surface area contributed by atoms with Gasteiger partial charge in [0.15, 0.2) is 0 Å². The van der Waals surface area contributed by atoms with Crippen molar-refractivity contribution in [1.82, 2.24) is 0 Å². The van der Waals surface area contributed by atoms with Crippen molar-refractivity contribution in [3.63, 3.8) is 0 Å². The average molecular weight is 384 g/mol. The van der Waals surface area contributed by atoms with E-state index >= 15 is 0 Å². The van der Waals surface area contributed by atoms with Crippen LogP contribution < -0.4 is 9.64 Å². The van der Waals surface area contributed by atoms with E-state index < -0.39 is 0 Å². The molecule has 27 heavy (non-hydrogen) atoms. The Bertz CT molecular complexity index is 918. The van der Waals surface area contributed by atoms with Gasteiger partial charge in [-0.05, 0) is 48.9 Å². The van der Waals surface area contributed by atoms with Crippen LogP contribution in [0.1, 0.15) is 24.8 Å². The zero-order valence-electron chi connectivity index (χ0n) is 14.8. The van der Waals surface area contributed by atoms with Crippen LogP contribution in [0.4, 0.5) is 5.69 Å². The molecule has 0 saturated heterocycles. The SMILES string of the molecule is CCOc1ccc([C@H]2CC(=O)N(c3ccc(Cl)cc3)C3=C2C(=O)OC3)cc1. The molecule has 0 bridgehead atoms. The first-order valence-electron chi connectivity index (χ1n) is 8.80. The number of hydrogen-bond acceptors (Lipinski definition) is 4. The summed E-state index contributed by atoms with van der Waals surface area (Å²) in [6.07, 6.45) is 0.199. The number of cyclic esters (lactones) is 1. The molecule has 0 spiro atoms. The topological polar surface area (TPSA) is 55.8 Å². The van der Waals surface area contributed by atoms with Crippen molar-refractivity contribution in [3.05, 3.63) is 70.4 Å². The second-order valence-electron chi connectivity index (χ2n) is 6.40. The third-order valence-corrected chi connectivity index (χ3v) is 5.05. The number of anilines is 1. The van der Waals surface area contributed by atoms with Gasteiger partial charge in [-0.2, -0.15) is 0 Å². The van der Waals surface area contributed by atoms with E-state index in [0.29, 0.717) is 28.6 Å². The second kappa shape index (κ2) is 7.08. The number of benzene rings is 2. The zero-order valence-corrected chi connectivity index (χ0v) is 15.5. The fourth-order valence-electron chi connectivity index (χ4n) is 3.59. The van der Waals surface area contributed by atoms with Gasteiger partial charge in [0.25, 0.3) is 0 Å². The monoisotopic (exact) mass is 383 g/mol. The van der Waals surface area contributed by atoms with E-state index in [0.717, 1.165) is 11.3 Å². The van der Waals surface area contributed by atoms with E-state index in [1.54, 1.807) is 29.2 Å². The molecule has 5 nitrogen and oxygen atoms in total. The number of esters is 1. The molecular weight excluding hydrogens is 366 g/mol. The van der Waals surface area contributed by atoms with Crippen molar-refractivity contribution in [2.45, 2.75) is 19.3 Å². The fraction of sp³-hybridized carbons (Fsp3) is 0.238. The predicted molar refractivity (Wildman–Crippen MR) is 102 cm³/mol. The molecule has 0 saturated carbocycles. The summed E-state index contributed by atoms with van der Waals surface area (Å²) in [5.41, 5.74) is 2.74. The summed E-state index contributed by atoms with van der Waals surface area (Å²) < 4.78 is 10.8. The Hall–Kier alpha value is -2.79. The number of halogens is 1. The van der Waals surface area contributed by atoms with E-state index in [9.17, 15) is 9.59 Å². The number of hydrogen-bond donors (Lipinski definition) is 0. The summed E-state index contributed by atoms with van der Waals surface area (Å²) in [5.74, 6) is -0.000268. The average Bonchev–Trinajstić information content (AvgIpc) is 3.05. The lowest BCUT2D eigenvalue weighted by Crippen LogP contribution is -2.37. The van der Waals surface area contributed by atoms with Crippen molar-refractivity contribution < 1.29 is 19.1 Å². The molecule has 0 N–H and O–H groups in total. The lowest BCUT2D eigenvalue weighted by molar-refractivity contribution is -0.136. The van der Waals surface area contributed by atoms with Crippen molar-refractivity contribution in [2.24, 2.45) is 0 Å². The lowest BCUT2D eigenvalue weighted by Gasteiger charge is -2.32. The highest BCUT2D eigenvalue weighted by molar-refractivity contribution is 6.30. The standard InChI is InChI=1S/C21H18ClNO4/c1-2-26-16-9-3-13(4-10-16)17-11-19(24)23(15-7-5-14(22)6-8-15)18-12-27-21(25)20(17)18/h3-10,17H,2,11-12H2,1H3/t17-/m1/s1. The van der Waals surface area contributed by atoms with Crippen molar-refractivity contribution in [2.75, 3.05) is 18.1 Å². The molecule has 4 rings (SSSR count). The maximum atomic E-state index is 12.9. The van der Waals surface area contributed by atoms with Crippen molar-refractivity contribution in [1.29, 1.82) is 0 Å². The van der Waals surface area contributed by atoms with Crippen molar-refractivity contribution >= 4 is 29.2 Å². The summed E-state index contributed by atoms with van der Waals surface area (Å²) in [4.78, 5) is 27.0. The predicted octanol–water partition coefficient (Wildman–Crippen LogP) is 4.07. The minimum Gasteiger partial charge on any atom is -0.494 e. The van der Waals surface area contributed by atoms with Crippen LogP contribution in [0.2, 0.25) is 5.02 Å². The van der Waals surface area contributed by atoms with E-state index in [1.807, 2.05) is 31.2 Å². The Labute approximate surface area is 162 Å². The maximum Gasteiger partial charge on any atom is 0.336 e. The lowest BCUT2D eigenvalue weighted by atomic mass is 9.84. The van der Waals surface area contributed by atoms with Gasteiger partial charge in [-0.3, -0.25) is 9.69 Å². The largest absolute Gasteiger partial charge is 0.494 e. The highest BCUT2D eigenvalue weighted by atomic mass is 35.5. The molecule has 1 atom stereocenters. The third-order valence-electron chi connectivity index (χ3n) is 4.80. The molecule has 0 unspecified atom stereocenters. The summed E-state index contributed by atoms with van der Waals surface area (Å²) in [6, 6.07) is 14.5. The van der Waals surface area contributed by atoms with Gasteiger partial charge >= 0.3 is 5.97 Å². The Kier molecular flexibility index (Phi) is 4.62.